The fourth-order valence-electron chi connectivity index (χ4n) is 4.01. The maximum absolute atomic E-state index is 12.8. The normalized spacial score (nSPS) is 11.9. The lowest BCUT2D eigenvalue weighted by Crippen LogP contribution is -2.16. The maximum Gasteiger partial charge on any atom is 0.234 e. The van der Waals surface area contributed by atoms with Crippen LogP contribution in [0.25, 0.3) is 11.4 Å². The number of fused-ring (bicyclic) bond motifs is 2. The lowest BCUT2D eigenvalue weighted by atomic mass is 9.99. The number of nitrogens with one attached hydrogen (secondary N) is 1. The van der Waals surface area contributed by atoms with Crippen molar-refractivity contribution in [1.82, 2.24) is 15.0 Å². The monoisotopic (exact) mass is 518 g/mol. The number of rotatable bonds is 6. The van der Waals surface area contributed by atoms with Gasteiger partial charge in [0.05, 0.1) is 28.6 Å². The van der Waals surface area contributed by atoms with E-state index in [1.165, 1.54) is 11.8 Å². The molecule has 0 radical (unpaired) electrons. The number of anilines is 1. The summed E-state index contributed by atoms with van der Waals surface area (Å²) in [6.45, 7) is 3.64. The number of pyridine rings is 1. The molecule has 0 aliphatic carbocycles. The summed E-state index contributed by atoms with van der Waals surface area (Å²) >= 11 is 7.75. The molecular weight excluding hydrogens is 496 g/mol. The van der Waals surface area contributed by atoms with Crippen LogP contribution in [0, 0.1) is 13.8 Å². The van der Waals surface area contributed by atoms with Gasteiger partial charge < -0.3 is 15.2 Å². The zero-order chi connectivity index (χ0) is 25.2. The molecule has 1 aliphatic heterocycles. The lowest BCUT2D eigenvalue weighted by molar-refractivity contribution is -0.113. The Labute approximate surface area is 217 Å². The first-order valence-corrected chi connectivity index (χ1v) is 12.7. The van der Waals surface area contributed by atoms with Crippen LogP contribution >= 0.6 is 23.4 Å². The van der Waals surface area contributed by atoms with Gasteiger partial charge in [0, 0.05) is 35.0 Å². The number of amides is 1. The molecule has 4 aromatic rings. The summed E-state index contributed by atoms with van der Waals surface area (Å²) in [6.07, 6.45) is 2.11. The third-order valence-corrected chi connectivity index (χ3v) is 7.28. The average Bonchev–Trinajstić information content (AvgIpc) is 2.88. The SMILES string of the molecule is Cc1ccccc1NC(=O)CSc1nc(-c2ccccc2Cl)nc2c1Cc1c(CO)cnc(C)c1O2. The Kier molecular flexibility index (Phi) is 6.91. The summed E-state index contributed by atoms with van der Waals surface area (Å²) in [5.41, 5.74) is 5.42. The molecule has 0 bridgehead atoms. The Balaban J connectivity index is 1.51. The molecule has 0 fully saturated rings. The molecule has 0 spiro atoms. The van der Waals surface area contributed by atoms with Crippen molar-refractivity contribution in [3.63, 3.8) is 0 Å². The van der Waals surface area contributed by atoms with Crippen molar-refractivity contribution in [2.24, 2.45) is 0 Å². The molecule has 1 aliphatic rings. The molecular formula is C27H23ClN4O3S. The van der Waals surface area contributed by atoms with Crippen LogP contribution in [0.1, 0.15) is 27.9 Å². The van der Waals surface area contributed by atoms with E-state index in [2.05, 4.69) is 15.3 Å². The summed E-state index contributed by atoms with van der Waals surface area (Å²) in [6, 6.07) is 15.0. The van der Waals surface area contributed by atoms with Gasteiger partial charge in [0.1, 0.15) is 5.03 Å². The van der Waals surface area contributed by atoms with Crippen LogP contribution in [-0.4, -0.2) is 31.7 Å². The fraction of sp³-hybridized carbons (Fsp3) is 0.185. The van der Waals surface area contributed by atoms with Gasteiger partial charge in [-0.15, -0.1) is 0 Å². The Morgan fingerprint density at radius 3 is 2.67 bits per heavy atom. The van der Waals surface area contributed by atoms with Gasteiger partial charge in [-0.25, -0.2) is 4.98 Å². The van der Waals surface area contributed by atoms with Crippen molar-refractivity contribution in [3.05, 3.63) is 87.7 Å². The van der Waals surface area contributed by atoms with Crippen molar-refractivity contribution in [2.75, 3.05) is 11.1 Å². The van der Waals surface area contributed by atoms with Gasteiger partial charge in [-0.3, -0.25) is 9.78 Å². The maximum atomic E-state index is 12.8. The topological polar surface area (TPSA) is 97.2 Å². The van der Waals surface area contributed by atoms with Crippen LogP contribution in [0.15, 0.2) is 59.8 Å². The standard InChI is InChI=1S/C27H23ClN4O3S/c1-15-7-3-6-10-22(15)30-23(34)14-36-27-20-11-19-17(13-33)12-29-16(2)24(19)35-26(20)31-25(32-27)18-8-4-5-9-21(18)28/h3-10,12,33H,11,13-14H2,1-2H3,(H,30,34). The molecule has 9 heteroatoms. The molecule has 0 unspecified atom stereocenters. The minimum absolute atomic E-state index is 0.144. The zero-order valence-electron chi connectivity index (χ0n) is 19.7. The second-order valence-corrected chi connectivity index (χ2v) is 9.75. The smallest absolute Gasteiger partial charge is 0.234 e. The van der Waals surface area contributed by atoms with Crippen LogP contribution in [0.4, 0.5) is 5.69 Å². The number of aromatic nitrogens is 3. The number of carbonyl (C=O) groups is 1. The quantitative estimate of drug-likeness (QED) is 0.219. The predicted molar refractivity (Wildman–Crippen MR) is 141 cm³/mol. The summed E-state index contributed by atoms with van der Waals surface area (Å²) in [7, 11) is 0. The van der Waals surface area contributed by atoms with Gasteiger partial charge >= 0.3 is 0 Å². The molecule has 2 aromatic heterocycles. The minimum Gasteiger partial charge on any atom is -0.436 e. The largest absolute Gasteiger partial charge is 0.436 e. The summed E-state index contributed by atoms with van der Waals surface area (Å²) < 4.78 is 6.23. The van der Waals surface area contributed by atoms with E-state index in [4.69, 9.17) is 21.3 Å². The first kappa shape index (κ1) is 24.2. The molecule has 2 N–H and O–H groups in total. The number of hydrogen-bond donors (Lipinski definition) is 2. The van der Waals surface area contributed by atoms with Gasteiger partial charge in [0.2, 0.25) is 11.8 Å². The highest BCUT2D eigenvalue weighted by Crippen LogP contribution is 2.43. The van der Waals surface area contributed by atoms with E-state index < -0.39 is 0 Å². The van der Waals surface area contributed by atoms with E-state index in [1.807, 2.05) is 56.3 Å². The van der Waals surface area contributed by atoms with E-state index in [1.54, 1.807) is 12.3 Å². The minimum atomic E-state index is -0.159. The number of thioether (sulfide) groups is 1. The van der Waals surface area contributed by atoms with Crippen LogP contribution in [0.3, 0.4) is 0 Å². The fourth-order valence-corrected chi connectivity index (χ4v) is 5.05. The molecule has 1 amide bonds. The van der Waals surface area contributed by atoms with E-state index >= 15 is 0 Å². The Morgan fingerprint density at radius 1 is 1.11 bits per heavy atom. The van der Waals surface area contributed by atoms with Gasteiger partial charge in [0.25, 0.3) is 0 Å². The van der Waals surface area contributed by atoms with Crippen molar-refractivity contribution in [1.29, 1.82) is 0 Å². The number of aliphatic hydroxyl groups is 1. The van der Waals surface area contributed by atoms with Crippen molar-refractivity contribution in [2.45, 2.75) is 31.9 Å². The van der Waals surface area contributed by atoms with Gasteiger partial charge in [-0.05, 0) is 37.6 Å². The van der Waals surface area contributed by atoms with Crippen LogP contribution in [0.5, 0.6) is 11.6 Å². The molecule has 0 saturated heterocycles. The number of aliphatic hydroxyl groups excluding tert-OH is 1. The Hall–Kier alpha value is -3.46. The highest BCUT2D eigenvalue weighted by Gasteiger charge is 2.28. The van der Waals surface area contributed by atoms with Gasteiger partial charge in [0.15, 0.2) is 11.6 Å². The van der Waals surface area contributed by atoms with E-state index in [9.17, 15) is 9.90 Å². The summed E-state index contributed by atoms with van der Waals surface area (Å²) in [5.74, 6) is 1.40. The number of hydrogen-bond acceptors (Lipinski definition) is 7. The number of halogens is 1. The number of benzene rings is 2. The first-order chi connectivity index (χ1) is 17.4. The number of ether oxygens (including phenoxy) is 1. The molecule has 0 saturated carbocycles. The summed E-state index contributed by atoms with van der Waals surface area (Å²) in [5, 5.41) is 14.0. The van der Waals surface area contributed by atoms with E-state index in [0.717, 1.165) is 22.4 Å². The predicted octanol–water partition coefficient (Wildman–Crippen LogP) is 5.73. The highest BCUT2D eigenvalue weighted by molar-refractivity contribution is 8.00. The van der Waals surface area contributed by atoms with E-state index in [-0.39, 0.29) is 18.3 Å². The molecule has 36 heavy (non-hydrogen) atoms. The lowest BCUT2D eigenvalue weighted by Gasteiger charge is -2.24. The van der Waals surface area contributed by atoms with Gasteiger partial charge in [-0.2, -0.15) is 4.98 Å². The third kappa shape index (κ3) is 4.80. The second kappa shape index (κ2) is 10.3. The Bertz CT molecular complexity index is 1480. The first-order valence-electron chi connectivity index (χ1n) is 11.3. The molecule has 0 atom stereocenters. The number of carbonyl (C=O) groups excluding carboxylic acids is 1. The summed E-state index contributed by atoms with van der Waals surface area (Å²) in [4.78, 5) is 26.6. The Morgan fingerprint density at radius 2 is 1.89 bits per heavy atom. The average molecular weight is 519 g/mol. The van der Waals surface area contributed by atoms with Crippen molar-refractivity contribution >= 4 is 35.0 Å². The van der Waals surface area contributed by atoms with Crippen LogP contribution < -0.4 is 10.1 Å². The van der Waals surface area contributed by atoms with Crippen LogP contribution in [-0.2, 0) is 17.8 Å². The highest BCUT2D eigenvalue weighted by atomic mass is 35.5. The third-order valence-electron chi connectivity index (χ3n) is 5.93. The zero-order valence-corrected chi connectivity index (χ0v) is 21.3. The number of para-hydroxylation sites is 1. The van der Waals surface area contributed by atoms with Crippen molar-refractivity contribution < 1.29 is 14.6 Å². The molecule has 182 valence electrons. The molecule has 7 nitrogen and oxygen atoms in total. The van der Waals surface area contributed by atoms with Crippen LogP contribution in [0.2, 0.25) is 5.02 Å². The molecule has 2 aromatic carbocycles. The number of nitrogens with zero attached hydrogens (tertiary/aromatic N) is 3. The van der Waals surface area contributed by atoms with Gasteiger partial charge in [-0.1, -0.05) is 53.7 Å². The second-order valence-electron chi connectivity index (χ2n) is 8.38. The molecule has 5 rings (SSSR count). The van der Waals surface area contributed by atoms with E-state index in [0.29, 0.717) is 50.7 Å². The molecule has 3 heterocycles. The van der Waals surface area contributed by atoms with Crippen molar-refractivity contribution in [3.8, 4) is 23.0 Å². The number of aryl methyl sites for hydroxylation is 2.